The fourth-order valence-corrected chi connectivity index (χ4v) is 2.56. The number of benzene rings is 2. The van der Waals surface area contributed by atoms with Crippen LogP contribution in [0.25, 0.3) is 11.1 Å². The van der Waals surface area contributed by atoms with Gasteiger partial charge in [-0.25, -0.2) is 0 Å². The standard InChI is InChI=1S/C17H20BrNO/c1-3-9-19-12-15-10-14(7-8-17(15)20-2)13-5-4-6-16(18)11-13/h4-8,10-11,19H,3,9,12H2,1-2H3. The number of hydrogen-bond donors (Lipinski definition) is 1. The molecule has 2 aromatic carbocycles. The van der Waals surface area contributed by atoms with E-state index in [1.165, 1.54) is 16.7 Å². The van der Waals surface area contributed by atoms with Crippen molar-refractivity contribution in [2.45, 2.75) is 19.9 Å². The van der Waals surface area contributed by atoms with Crippen LogP contribution in [0.3, 0.4) is 0 Å². The minimum atomic E-state index is 0.832. The number of ether oxygens (including phenoxy) is 1. The van der Waals surface area contributed by atoms with Crippen molar-refractivity contribution in [3.63, 3.8) is 0 Å². The maximum Gasteiger partial charge on any atom is 0.123 e. The van der Waals surface area contributed by atoms with Gasteiger partial charge in [-0.2, -0.15) is 0 Å². The summed E-state index contributed by atoms with van der Waals surface area (Å²) in [7, 11) is 1.72. The molecule has 0 aliphatic rings. The number of halogens is 1. The van der Waals surface area contributed by atoms with E-state index in [4.69, 9.17) is 4.74 Å². The van der Waals surface area contributed by atoms with Crippen molar-refractivity contribution in [2.24, 2.45) is 0 Å². The first-order valence-corrected chi connectivity index (χ1v) is 7.67. The van der Waals surface area contributed by atoms with Gasteiger partial charge in [0.2, 0.25) is 0 Å². The Kier molecular flexibility index (Phi) is 5.62. The molecular formula is C17H20BrNO. The summed E-state index contributed by atoms with van der Waals surface area (Å²) in [6, 6.07) is 14.7. The molecule has 3 heteroatoms. The van der Waals surface area contributed by atoms with E-state index in [1.54, 1.807) is 7.11 Å². The van der Waals surface area contributed by atoms with Crippen molar-refractivity contribution in [2.75, 3.05) is 13.7 Å². The van der Waals surface area contributed by atoms with Gasteiger partial charge < -0.3 is 10.1 Å². The van der Waals surface area contributed by atoms with Gasteiger partial charge in [0.05, 0.1) is 7.11 Å². The zero-order chi connectivity index (χ0) is 14.4. The first kappa shape index (κ1) is 15.1. The van der Waals surface area contributed by atoms with Gasteiger partial charge in [0.1, 0.15) is 5.75 Å². The Hall–Kier alpha value is -1.32. The summed E-state index contributed by atoms with van der Waals surface area (Å²) in [5.74, 6) is 0.937. The number of methoxy groups -OCH3 is 1. The normalized spacial score (nSPS) is 10.6. The zero-order valence-electron chi connectivity index (χ0n) is 11.9. The van der Waals surface area contributed by atoms with Crippen LogP contribution in [0.4, 0.5) is 0 Å². The Labute approximate surface area is 129 Å². The molecule has 0 fully saturated rings. The van der Waals surface area contributed by atoms with Crippen molar-refractivity contribution >= 4 is 15.9 Å². The Balaban J connectivity index is 2.28. The van der Waals surface area contributed by atoms with E-state index < -0.39 is 0 Å². The lowest BCUT2D eigenvalue weighted by atomic mass is 10.0. The molecule has 0 saturated carbocycles. The summed E-state index contributed by atoms with van der Waals surface area (Å²) >= 11 is 3.52. The molecule has 0 amide bonds. The third-order valence-electron chi connectivity index (χ3n) is 3.18. The molecule has 0 aliphatic heterocycles. The topological polar surface area (TPSA) is 21.3 Å². The van der Waals surface area contributed by atoms with Crippen LogP contribution in [0.2, 0.25) is 0 Å². The first-order chi connectivity index (χ1) is 9.74. The fraction of sp³-hybridized carbons (Fsp3) is 0.294. The second-order valence-electron chi connectivity index (χ2n) is 4.71. The highest BCUT2D eigenvalue weighted by Crippen LogP contribution is 2.28. The van der Waals surface area contributed by atoms with Gasteiger partial charge in [-0.05, 0) is 48.4 Å². The highest BCUT2D eigenvalue weighted by molar-refractivity contribution is 9.10. The van der Waals surface area contributed by atoms with E-state index in [2.05, 4.69) is 58.5 Å². The Morgan fingerprint density at radius 3 is 2.60 bits per heavy atom. The second-order valence-corrected chi connectivity index (χ2v) is 5.63. The van der Waals surface area contributed by atoms with Crippen LogP contribution in [0.5, 0.6) is 5.75 Å². The molecule has 0 saturated heterocycles. The molecule has 0 unspecified atom stereocenters. The molecule has 1 N–H and O–H groups in total. The van der Waals surface area contributed by atoms with E-state index in [0.29, 0.717) is 0 Å². The molecular weight excluding hydrogens is 314 g/mol. The Morgan fingerprint density at radius 2 is 1.90 bits per heavy atom. The lowest BCUT2D eigenvalue weighted by Crippen LogP contribution is -2.14. The van der Waals surface area contributed by atoms with E-state index in [0.717, 1.165) is 29.7 Å². The summed E-state index contributed by atoms with van der Waals surface area (Å²) in [5.41, 5.74) is 3.61. The fourth-order valence-electron chi connectivity index (χ4n) is 2.16. The van der Waals surface area contributed by atoms with Gasteiger partial charge in [-0.1, -0.05) is 41.1 Å². The van der Waals surface area contributed by atoms with Crippen LogP contribution in [0.15, 0.2) is 46.9 Å². The third-order valence-corrected chi connectivity index (χ3v) is 3.67. The molecule has 0 atom stereocenters. The molecule has 0 spiro atoms. The Bertz CT molecular complexity index is 569. The smallest absolute Gasteiger partial charge is 0.123 e. The SMILES string of the molecule is CCCNCc1cc(-c2cccc(Br)c2)ccc1OC. The van der Waals surface area contributed by atoms with Gasteiger partial charge >= 0.3 is 0 Å². The molecule has 0 radical (unpaired) electrons. The van der Waals surface area contributed by atoms with Gasteiger partial charge in [0.25, 0.3) is 0 Å². The van der Waals surface area contributed by atoms with Crippen molar-refractivity contribution in [3.05, 3.63) is 52.5 Å². The van der Waals surface area contributed by atoms with E-state index in [9.17, 15) is 0 Å². The zero-order valence-corrected chi connectivity index (χ0v) is 13.5. The monoisotopic (exact) mass is 333 g/mol. The minimum absolute atomic E-state index is 0.832. The number of rotatable bonds is 6. The van der Waals surface area contributed by atoms with Crippen LogP contribution in [-0.4, -0.2) is 13.7 Å². The summed E-state index contributed by atoms with van der Waals surface area (Å²) in [4.78, 5) is 0. The largest absolute Gasteiger partial charge is 0.496 e. The van der Waals surface area contributed by atoms with Gasteiger partial charge in [0, 0.05) is 16.6 Å². The molecule has 0 bridgehead atoms. The number of nitrogens with one attached hydrogen (secondary N) is 1. The van der Waals surface area contributed by atoms with Crippen molar-refractivity contribution in [1.29, 1.82) is 0 Å². The maximum absolute atomic E-state index is 5.44. The van der Waals surface area contributed by atoms with Crippen LogP contribution < -0.4 is 10.1 Å². The van der Waals surface area contributed by atoms with E-state index in [1.807, 2.05) is 12.1 Å². The molecule has 2 aromatic rings. The molecule has 0 aliphatic carbocycles. The molecule has 0 aromatic heterocycles. The maximum atomic E-state index is 5.44. The average molecular weight is 334 g/mol. The average Bonchev–Trinajstić information content (AvgIpc) is 2.47. The van der Waals surface area contributed by atoms with Crippen molar-refractivity contribution in [3.8, 4) is 16.9 Å². The Morgan fingerprint density at radius 1 is 1.10 bits per heavy atom. The quantitative estimate of drug-likeness (QED) is 0.778. The molecule has 2 nitrogen and oxygen atoms in total. The third kappa shape index (κ3) is 3.84. The predicted octanol–water partition coefficient (Wildman–Crippen LogP) is 4.62. The van der Waals surface area contributed by atoms with Crippen molar-refractivity contribution < 1.29 is 4.74 Å². The first-order valence-electron chi connectivity index (χ1n) is 6.88. The molecule has 2 rings (SSSR count). The van der Waals surface area contributed by atoms with Crippen LogP contribution in [0, 0.1) is 0 Å². The highest BCUT2D eigenvalue weighted by Gasteiger charge is 2.06. The highest BCUT2D eigenvalue weighted by atomic mass is 79.9. The summed E-state index contributed by atoms with van der Waals surface area (Å²) in [5, 5.41) is 3.43. The molecule has 106 valence electrons. The van der Waals surface area contributed by atoms with Gasteiger partial charge in [-0.3, -0.25) is 0 Å². The lowest BCUT2D eigenvalue weighted by molar-refractivity contribution is 0.408. The molecule has 20 heavy (non-hydrogen) atoms. The summed E-state index contributed by atoms with van der Waals surface area (Å²) in [6.07, 6.45) is 1.13. The van der Waals surface area contributed by atoms with Gasteiger partial charge in [0.15, 0.2) is 0 Å². The second kappa shape index (κ2) is 7.46. The van der Waals surface area contributed by atoms with Gasteiger partial charge in [-0.15, -0.1) is 0 Å². The molecule has 0 heterocycles. The lowest BCUT2D eigenvalue weighted by Gasteiger charge is -2.12. The summed E-state index contributed by atoms with van der Waals surface area (Å²) in [6.45, 7) is 4.02. The summed E-state index contributed by atoms with van der Waals surface area (Å²) < 4.78 is 6.54. The van der Waals surface area contributed by atoms with Crippen LogP contribution in [-0.2, 0) is 6.54 Å². The number of hydrogen-bond acceptors (Lipinski definition) is 2. The van der Waals surface area contributed by atoms with Crippen LogP contribution >= 0.6 is 15.9 Å². The van der Waals surface area contributed by atoms with Crippen LogP contribution in [0.1, 0.15) is 18.9 Å². The van der Waals surface area contributed by atoms with Crippen molar-refractivity contribution in [1.82, 2.24) is 5.32 Å². The predicted molar refractivity (Wildman–Crippen MR) is 88.1 cm³/mol. The minimum Gasteiger partial charge on any atom is -0.496 e. The van der Waals surface area contributed by atoms with E-state index in [-0.39, 0.29) is 0 Å². The van der Waals surface area contributed by atoms with E-state index >= 15 is 0 Å².